The first-order chi connectivity index (χ1) is 10.7. The van der Waals surface area contributed by atoms with Crippen LogP contribution < -0.4 is 4.74 Å². The van der Waals surface area contributed by atoms with Crippen LogP contribution in [0.15, 0.2) is 24.3 Å². The minimum atomic E-state index is -0.516. The topological polar surface area (TPSA) is 49.8 Å². The molecule has 128 valence electrons. The van der Waals surface area contributed by atoms with E-state index in [4.69, 9.17) is 4.74 Å². The van der Waals surface area contributed by atoms with Crippen LogP contribution in [0, 0.1) is 5.92 Å². The summed E-state index contributed by atoms with van der Waals surface area (Å²) in [4.78, 5) is 14.3. The SMILES string of the molecule is CC(Oc1cccc(C(C)(C)C)c1)C(=O)N1CCC(C(C)O)C1. The first-order valence-corrected chi connectivity index (χ1v) is 8.42. The lowest BCUT2D eigenvalue weighted by Gasteiger charge is -2.24. The molecule has 2 rings (SSSR count). The molecule has 3 unspecified atom stereocenters. The number of benzene rings is 1. The van der Waals surface area contributed by atoms with Gasteiger partial charge < -0.3 is 14.7 Å². The van der Waals surface area contributed by atoms with Crippen molar-refractivity contribution in [1.82, 2.24) is 4.90 Å². The van der Waals surface area contributed by atoms with Crippen molar-refractivity contribution in [1.29, 1.82) is 0 Å². The summed E-state index contributed by atoms with van der Waals surface area (Å²) >= 11 is 0. The maximum atomic E-state index is 12.5. The molecule has 1 aliphatic heterocycles. The third kappa shape index (κ3) is 4.47. The standard InChI is InChI=1S/C19H29NO3/c1-13(21)15-9-10-20(12-15)18(22)14(2)23-17-8-6-7-16(11-17)19(3,4)5/h6-8,11,13-15,21H,9-10,12H2,1-5H3. The van der Waals surface area contributed by atoms with Gasteiger partial charge in [-0.25, -0.2) is 0 Å². The van der Waals surface area contributed by atoms with E-state index in [0.717, 1.165) is 12.2 Å². The van der Waals surface area contributed by atoms with Gasteiger partial charge in [-0.2, -0.15) is 0 Å². The molecule has 0 aliphatic carbocycles. The molecule has 0 bridgehead atoms. The monoisotopic (exact) mass is 319 g/mol. The molecule has 1 fully saturated rings. The molecule has 4 nitrogen and oxygen atoms in total. The van der Waals surface area contributed by atoms with Crippen molar-refractivity contribution in [3.8, 4) is 5.75 Å². The van der Waals surface area contributed by atoms with Crippen LogP contribution in [0.1, 0.15) is 46.6 Å². The van der Waals surface area contributed by atoms with Crippen LogP contribution in [-0.2, 0) is 10.2 Å². The van der Waals surface area contributed by atoms with Gasteiger partial charge in [0, 0.05) is 19.0 Å². The number of aliphatic hydroxyl groups is 1. The summed E-state index contributed by atoms with van der Waals surface area (Å²) in [5.41, 5.74) is 1.23. The first-order valence-electron chi connectivity index (χ1n) is 8.42. The van der Waals surface area contributed by atoms with Crippen LogP contribution in [0.4, 0.5) is 0 Å². The Kier molecular flexibility index (Phi) is 5.35. The lowest BCUT2D eigenvalue weighted by atomic mass is 9.87. The Hall–Kier alpha value is -1.55. The summed E-state index contributed by atoms with van der Waals surface area (Å²) in [6, 6.07) is 7.94. The smallest absolute Gasteiger partial charge is 0.263 e. The largest absolute Gasteiger partial charge is 0.481 e. The molecule has 0 radical (unpaired) electrons. The van der Waals surface area contributed by atoms with Gasteiger partial charge in [0.25, 0.3) is 5.91 Å². The van der Waals surface area contributed by atoms with Gasteiger partial charge in [-0.05, 0) is 43.4 Å². The molecule has 1 saturated heterocycles. The Morgan fingerprint density at radius 3 is 2.61 bits per heavy atom. The van der Waals surface area contributed by atoms with Gasteiger partial charge in [-0.15, -0.1) is 0 Å². The van der Waals surface area contributed by atoms with Crippen molar-refractivity contribution in [2.75, 3.05) is 13.1 Å². The fourth-order valence-electron chi connectivity index (χ4n) is 2.93. The molecule has 1 aromatic carbocycles. The van der Waals surface area contributed by atoms with E-state index in [-0.39, 0.29) is 23.3 Å². The Balaban J connectivity index is 1.99. The van der Waals surface area contributed by atoms with Gasteiger partial charge in [0.15, 0.2) is 6.10 Å². The molecular weight excluding hydrogens is 290 g/mol. The van der Waals surface area contributed by atoms with E-state index in [1.54, 1.807) is 18.7 Å². The third-order valence-electron chi connectivity index (χ3n) is 4.58. The van der Waals surface area contributed by atoms with Crippen LogP contribution in [0.2, 0.25) is 0 Å². The number of ether oxygens (including phenoxy) is 1. The highest BCUT2D eigenvalue weighted by Gasteiger charge is 2.32. The normalized spacial score (nSPS) is 21.1. The van der Waals surface area contributed by atoms with Crippen LogP contribution >= 0.6 is 0 Å². The molecule has 4 heteroatoms. The molecule has 1 aliphatic rings. The molecule has 0 aromatic heterocycles. The number of rotatable bonds is 4. The van der Waals surface area contributed by atoms with Crippen LogP contribution in [0.25, 0.3) is 0 Å². The predicted molar refractivity (Wildman–Crippen MR) is 91.6 cm³/mol. The van der Waals surface area contributed by atoms with Crippen molar-refractivity contribution in [2.45, 2.75) is 58.7 Å². The highest BCUT2D eigenvalue weighted by Crippen LogP contribution is 2.27. The zero-order chi connectivity index (χ0) is 17.2. The number of carbonyl (C=O) groups is 1. The van der Waals surface area contributed by atoms with Gasteiger partial charge in [0.1, 0.15) is 5.75 Å². The van der Waals surface area contributed by atoms with Gasteiger partial charge in [0.2, 0.25) is 0 Å². The highest BCUT2D eigenvalue weighted by molar-refractivity contribution is 5.81. The quantitative estimate of drug-likeness (QED) is 0.928. The summed E-state index contributed by atoms with van der Waals surface area (Å²) in [7, 11) is 0. The molecule has 1 heterocycles. The molecule has 1 N–H and O–H groups in total. The summed E-state index contributed by atoms with van der Waals surface area (Å²) in [6.07, 6.45) is -0.0271. The van der Waals surface area contributed by atoms with Gasteiger partial charge >= 0.3 is 0 Å². The molecule has 23 heavy (non-hydrogen) atoms. The molecule has 1 amide bonds. The number of nitrogens with zero attached hydrogens (tertiary/aromatic N) is 1. The maximum absolute atomic E-state index is 12.5. The van der Waals surface area contributed by atoms with Crippen LogP contribution in [0.3, 0.4) is 0 Å². The number of aliphatic hydroxyl groups excluding tert-OH is 1. The Morgan fingerprint density at radius 2 is 2.04 bits per heavy atom. The molecular formula is C19H29NO3. The molecule has 1 aromatic rings. The fraction of sp³-hybridized carbons (Fsp3) is 0.632. The van der Waals surface area contributed by atoms with Crippen molar-refractivity contribution in [3.05, 3.63) is 29.8 Å². The number of amides is 1. The summed E-state index contributed by atoms with van der Waals surface area (Å²) in [5.74, 6) is 0.897. The maximum Gasteiger partial charge on any atom is 0.263 e. The van der Waals surface area contributed by atoms with Gasteiger partial charge in [0.05, 0.1) is 6.10 Å². The summed E-state index contributed by atoms with van der Waals surface area (Å²) in [6.45, 7) is 11.4. The third-order valence-corrected chi connectivity index (χ3v) is 4.58. The number of hydrogen-bond donors (Lipinski definition) is 1. The number of hydrogen-bond acceptors (Lipinski definition) is 3. The van der Waals surface area contributed by atoms with E-state index in [1.807, 2.05) is 18.2 Å². The molecule has 0 saturated carbocycles. The van der Waals surface area contributed by atoms with E-state index in [1.165, 1.54) is 5.56 Å². The minimum absolute atomic E-state index is 0.00527. The second-order valence-corrected chi connectivity index (χ2v) is 7.61. The zero-order valence-electron chi connectivity index (χ0n) is 14.9. The lowest BCUT2D eigenvalue weighted by Crippen LogP contribution is -2.39. The minimum Gasteiger partial charge on any atom is -0.481 e. The fourth-order valence-corrected chi connectivity index (χ4v) is 2.93. The second kappa shape index (κ2) is 6.91. The molecule has 3 atom stereocenters. The molecule has 0 spiro atoms. The van der Waals surface area contributed by atoms with Crippen molar-refractivity contribution in [3.63, 3.8) is 0 Å². The number of likely N-dealkylation sites (tertiary alicyclic amines) is 1. The van der Waals surface area contributed by atoms with Gasteiger partial charge in [-0.1, -0.05) is 32.9 Å². The lowest BCUT2D eigenvalue weighted by molar-refractivity contribution is -0.137. The average molecular weight is 319 g/mol. The predicted octanol–water partition coefficient (Wildman–Crippen LogP) is 2.98. The van der Waals surface area contributed by atoms with Gasteiger partial charge in [-0.3, -0.25) is 4.79 Å². The Morgan fingerprint density at radius 1 is 1.35 bits per heavy atom. The summed E-state index contributed by atoms with van der Waals surface area (Å²) < 4.78 is 5.87. The van der Waals surface area contributed by atoms with Crippen LogP contribution in [-0.4, -0.2) is 41.2 Å². The summed E-state index contributed by atoms with van der Waals surface area (Å²) in [5, 5.41) is 9.66. The van der Waals surface area contributed by atoms with Crippen molar-refractivity contribution < 1.29 is 14.6 Å². The Bertz CT molecular complexity index is 548. The van der Waals surface area contributed by atoms with E-state index in [2.05, 4.69) is 26.8 Å². The van der Waals surface area contributed by atoms with Crippen molar-refractivity contribution in [2.24, 2.45) is 5.92 Å². The average Bonchev–Trinajstić information content (AvgIpc) is 2.95. The van der Waals surface area contributed by atoms with E-state index in [9.17, 15) is 9.90 Å². The van der Waals surface area contributed by atoms with E-state index in [0.29, 0.717) is 13.1 Å². The van der Waals surface area contributed by atoms with E-state index >= 15 is 0 Å². The van der Waals surface area contributed by atoms with E-state index < -0.39 is 6.10 Å². The highest BCUT2D eigenvalue weighted by atomic mass is 16.5. The Labute approximate surface area is 139 Å². The number of carbonyl (C=O) groups excluding carboxylic acids is 1. The van der Waals surface area contributed by atoms with Crippen LogP contribution in [0.5, 0.6) is 5.75 Å². The zero-order valence-corrected chi connectivity index (χ0v) is 14.9. The first kappa shape index (κ1) is 17.8. The van der Waals surface area contributed by atoms with Crippen molar-refractivity contribution >= 4 is 5.91 Å². The second-order valence-electron chi connectivity index (χ2n) is 7.61.